The molecule has 2 rings (SSSR count). The number of halogens is 1. The largest absolute Gasteiger partial charge is 0.496 e. The van der Waals surface area contributed by atoms with Crippen LogP contribution in [-0.4, -0.2) is 13.7 Å². The number of ether oxygens (including phenoxy) is 1. The van der Waals surface area contributed by atoms with Crippen LogP contribution in [0.4, 0.5) is 0 Å². The lowest BCUT2D eigenvalue weighted by Crippen LogP contribution is -2.14. The second-order valence-corrected chi connectivity index (χ2v) is 4.17. The Hall–Kier alpha value is -1.45. The molecule has 0 aliphatic carbocycles. The van der Waals surface area contributed by atoms with Gasteiger partial charge in [0.25, 0.3) is 0 Å². The topological polar surface area (TPSA) is 34.4 Å². The van der Waals surface area contributed by atoms with Gasteiger partial charge in [-0.25, -0.2) is 0 Å². The third kappa shape index (κ3) is 4.97. The molecule has 1 aromatic carbocycles. The number of hydrogen-bond donors (Lipinski definition) is 1. The van der Waals surface area contributed by atoms with Gasteiger partial charge >= 0.3 is 0 Å². The van der Waals surface area contributed by atoms with Crippen molar-refractivity contribution in [2.45, 2.75) is 19.4 Å². The zero-order valence-electron chi connectivity index (χ0n) is 11.1. The molecule has 1 aromatic heterocycles. The van der Waals surface area contributed by atoms with Crippen LogP contribution in [-0.2, 0) is 13.0 Å². The molecule has 104 valence electrons. The maximum atomic E-state index is 5.33. The van der Waals surface area contributed by atoms with Crippen LogP contribution >= 0.6 is 12.4 Å². The summed E-state index contributed by atoms with van der Waals surface area (Å²) in [6.45, 7) is 1.76. The Kier molecular flexibility index (Phi) is 7.08. The highest BCUT2D eigenvalue weighted by molar-refractivity contribution is 5.85. The average Bonchev–Trinajstić information content (AvgIpc) is 2.92. The van der Waals surface area contributed by atoms with Crippen LogP contribution in [0.1, 0.15) is 17.7 Å². The Morgan fingerprint density at radius 1 is 1.16 bits per heavy atom. The maximum absolute atomic E-state index is 5.33. The molecule has 0 spiro atoms. The van der Waals surface area contributed by atoms with Gasteiger partial charge in [-0.1, -0.05) is 18.2 Å². The normalized spacial score (nSPS) is 9.95. The molecule has 2 aromatic rings. The quantitative estimate of drug-likeness (QED) is 0.790. The number of hydrogen-bond acceptors (Lipinski definition) is 3. The lowest BCUT2D eigenvalue weighted by Gasteiger charge is -2.08. The second-order valence-electron chi connectivity index (χ2n) is 4.17. The molecule has 0 atom stereocenters. The number of benzene rings is 1. The van der Waals surface area contributed by atoms with Gasteiger partial charge in [0, 0.05) is 0 Å². The summed E-state index contributed by atoms with van der Waals surface area (Å²) >= 11 is 0. The Labute approximate surface area is 120 Å². The zero-order valence-corrected chi connectivity index (χ0v) is 11.9. The molecule has 0 radical (unpaired) electrons. The molecule has 0 bridgehead atoms. The molecule has 0 amide bonds. The van der Waals surface area contributed by atoms with Gasteiger partial charge in [0.05, 0.1) is 19.9 Å². The Morgan fingerprint density at radius 3 is 2.74 bits per heavy atom. The number of methoxy groups -OCH3 is 1. The minimum absolute atomic E-state index is 0. The van der Waals surface area contributed by atoms with Gasteiger partial charge in [0.15, 0.2) is 0 Å². The van der Waals surface area contributed by atoms with Crippen molar-refractivity contribution < 1.29 is 9.15 Å². The highest BCUT2D eigenvalue weighted by Gasteiger charge is 2.01. The number of aryl methyl sites for hydroxylation is 1. The van der Waals surface area contributed by atoms with Crippen molar-refractivity contribution in [1.29, 1.82) is 0 Å². The molecule has 0 aliphatic rings. The molecular formula is C15H20ClNO2. The summed E-state index contributed by atoms with van der Waals surface area (Å²) in [7, 11) is 1.72. The lowest BCUT2D eigenvalue weighted by molar-refractivity contribution is 0.408. The van der Waals surface area contributed by atoms with Crippen molar-refractivity contribution in [3.8, 4) is 5.75 Å². The van der Waals surface area contributed by atoms with E-state index in [4.69, 9.17) is 9.15 Å². The van der Waals surface area contributed by atoms with E-state index in [1.807, 2.05) is 30.3 Å². The van der Waals surface area contributed by atoms with Crippen molar-refractivity contribution in [2.24, 2.45) is 0 Å². The smallest absolute Gasteiger partial charge is 0.122 e. The highest BCUT2D eigenvalue weighted by Crippen LogP contribution is 2.18. The fourth-order valence-electron chi connectivity index (χ4n) is 1.94. The molecule has 19 heavy (non-hydrogen) atoms. The van der Waals surface area contributed by atoms with E-state index >= 15 is 0 Å². The molecule has 1 N–H and O–H groups in total. The molecular weight excluding hydrogens is 262 g/mol. The number of para-hydroxylation sites is 1. The molecule has 1 heterocycles. The predicted molar refractivity (Wildman–Crippen MR) is 79.0 cm³/mol. The Balaban J connectivity index is 0.00000180. The highest BCUT2D eigenvalue weighted by atomic mass is 35.5. The van der Waals surface area contributed by atoms with E-state index in [0.29, 0.717) is 0 Å². The van der Waals surface area contributed by atoms with E-state index in [1.165, 1.54) is 5.56 Å². The maximum Gasteiger partial charge on any atom is 0.122 e. The van der Waals surface area contributed by atoms with Crippen molar-refractivity contribution in [2.75, 3.05) is 13.7 Å². The van der Waals surface area contributed by atoms with Crippen LogP contribution in [0.5, 0.6) is 5.75 Å². The van der Waals surface area contributed by atoms with Gasteiger partial charge in [-0.15, -0.1) is 12.4 Å². The monoisotopic (exact) mass is 281 g/mol. The van der Waals surface area contributed by atoms with E-state index in [1.54, 1.807) is 13.4 Å². The average molecular weight is 282 g/mol. The van der Waals surface area contributed by atoms with Crippen LogP contribution < -0.4 is 10.1 Å². The molecule has 0 fully saturated rings. The van der Waals surface area contributed by atoms with Crippen molar-refractivity contribution in [3.05, 3.63) is 54.0 Å². The summed E-state index contributed by atoms with van der Waals surface area (Å²) in [5, 5.41) is 3.36. The molecule has 0 saturated carbocycles. The van der Waals surface area contributed by atoms with Gasteiger partial charge in [-0.05, 0) is 43.1 Å². The van der Waals surface area contributed by atoms with Gasteiger partial charge < -0.3 is 14.5 Å². The summed E-state index contributed by atoms with van der Waals surface area (Å²) < 4.78 is 10.6. The zero-order chi connectivity index (χ0) is 12.6. The van der Waals surface area contributed by atoms with Crippen LogP contribution in [0.25, 0.3) is 0 Å². The third-order valence-corrected chi connectivity index (χ3v) is 2.87. The molecule has 0 saturated heterocycles. The summed E-state index contributed by atoms with van der Waals surface area (Å²) in [4.78, 5) is 0. The standard InChI is InChI=1S/C15H19NO2.ClH/c1-17-15-9-3-2-6-13(15)7-4-10-16-12-14-8-5-11-18-14;/h2-3,5-6,8-9,11,16H,4,7,10,12H2,1H3;1H. The first-order valence-corrected chi connectivity index (χ1v) is 6.25. The molecule has 4 heteroatoms. The fourth-order valence-corrected chi connectivity index (χ4v) is 1.94. The van der Waals surface area contributed by atoms with Crippen molar-refractivity contribution >= 4 is 12.4 Å². The summed E-state index contributed by atoms with van der Waals surface area (Å²) in [6, 6.07) is 12.1. The summed E-state index contributed by atoms with van der Waals surface area (Å²) in [5.41, 5.74) is 1.26. The SMILES string of the molecule is COc1ccccc1CCCNCc1ccco1.Cl. The fraction of sp³-hybridized carbons (Fsp3) is 0.333. The van der Waals surface area contributed by atoms with Crippen LogP contribution in [0, 0.1) is 0 Å². The van der Waals surface area contributed by atoms with Gasteiger partial charge in [0.2, 0.25) is 0 Å². The first kappa shape index (κ1) is 15.6. The van der Waals surface area contributed by atoms with E-state index in [9.17, 15) is 0 Å². The van der Waals surface area contributed by atoms with Gasteiger partial charge in [0.1, 0.15) is 11.5 Å². The van der Waals surface area contributed by atoms with Crippen LogP contribution in [0.15, 0.2) is 47.1 Å². The van der Waals surface area contributed by atoms with E-state index in [2.05, 4.69) is 11.4 Å². The van der Waals surface area contributed by atoms with Crippen molar-refractivity contribution in [1.82, 2.24) is 5.32 Å². The van der Waals surface area contributed by atoms with Crippen molar-refractivity contribution in [3.63, 3.8) is 0 Å². The first-order valence-electron chi connectivity index (χ1n) is 6.25. The third-order valence-electron chi connectivity index (χ3n) is 2.87. The number of rotatable bonds is 7. The predicted octanol–water partition coefficient (Wildman–Crippen LogP) is 3.43. The summed E-state index contributed by atoms with van der Waals surface area (Å²) in [5.74, 6) is 1.95. The molecule has 0 aliphatic heterocycles. The van der Waals surface area contributed by atoms with Crippen LogP contribution in [0.2, 0.25) is 0 Å². The number of nitrogens with one attached hydrogen (secondary N) is 1. The minimum Gasteiger partial charge on any atom is -0.496 e. The van der Waals surface area contributed by atoms with Gasteiger partial charge in [-0.3, -0.25) is 0 Å². The van der Waals surface area contributed by atoms with Gasteiger partial charge in [-0.2, -0.15) is 0 Å². The molecule has 0 unspecified atom stereocenters. The van der Waals surface area contributed by atoms with E-state index < -0.39 is 0 Å². The molecule has 3 nitrogen and oxygen atoms in total. The minimum atomic E-state index is 0. The van der Waals surface area contributed by atoms with E-state index in [0.717, 1.165) is 37.4 Å². The van der Waals surface area contributed by atoms with Crippen LogP contribution in [0.3, 0.4) is 0 Å². The van der Waals surface area contributed by atoms with E-state index in [-0.39, 0.29) is 12.4 Å². The summed E-state index contributed by atoms with van der Waals surface area (Å²) in [6.07, 6.45) is 3.81. The Bertz CT molecular complexity index is 457. The Morgan fingerprint density at radius 2 is 2.00 bits per heavy atom. The second kappa shape index (κ2) is 8.62. The number of furan rings is 1. The lowest BCUT2D eigenvalue weighted by atomic mass is 10.1. The first-order chi connectivity index (χ1) is 8.90.